The second-order valence-electron chi connectivity index (χ2n) is 2.66. The van der Waals surface area contributed by atoms with Gasteiger partial charge in [0.25, 0.3) is 0 Å². The van der Waals surface area contributed by atoms with E-state index in [9.17, 15) is 0 Å². The zero-order valence-electron chi connectivity index (χ0n) is 5.03. The van der Waals surface area contributed by atoms with Gasteiger partial charge < -0.3 is 0 Å². The first-order chi connectivity index (χ1) is 3.06. The molecule has 0 aliphatic carbocycles. The van der Waals surface area contributed by atoms with Crippen LogP contribution in [0.15, 0.2) is 9.17 Å². The van der Waals surface area contributed by atoms with Crippen molar-refractivity contribution in [1.82, 2.24) is 0 Å². The second-order valence-corrected chi connectivity index (χ2v) is 22.6. The average Bonchev–Trinajstić information content (AvgIpc) is 1.30. The summed E-state index contributed by atoms with van der Waals surface area (Å²) in [4.78, 5) is 0. The Morgan fingerprint density at radius 1 is 1.29 bits per heavy atom. The Kier molecular flexibility index (Phi) is 3.49. The van der Waals surface area contributed by atoms with Gasteiger partial charge in [0, 0.05) is 0 Å². The van der Waals surface area contributed by atoms with Crippen molar-refractivity contribution in [3.63, 3.8) is 0 Å². The second kappa shape index (κ2) is 3.07. The quantitative estimate of drug-likeness (QED) is 0.653. The van der Waals surface area contributed by atoms with Crippen molar-refractivity contribution in [2.45, 2.75) is 13.4 Å². The molecule has 0 aliphatic rings. The third-order valence-corrected chi connectivity index (χ3v) is 6.05. The van der Waals surface area contributed by atoms with E-state index in [1.54, 1.807) is 5.54 Å². The molecular weight excluding hydrogens is 303 g/mol. The predicted octanol–water partition coefficient (Wildman–Crippen LogP) is 2.62. The molecule has 0 fully saturated rings. The summed E-state index contributed by atoms with van der Waals surface area (Å²) in [5.74, 6) is 0. The fraction of sp³-hybridized carbons (Fsp3) is 0.600. The van der Waals surface area contributed by atoms with Crippen molar-refractivity contribution in [3.05, 3.63) is 9.17 Å². The van der Waals surface area contributed by atoms with Gasteiger partial charge in [-0.15, -0.1) is 0 Å². The number of rotatable bonds is 1. The molecule has 0 rings (SSSR count). The van der Waals surface area contributed by atoms with E-state index in [4.69, 9.17) is 11.6 Å². The van der Waals surface area contributed by atoms with E-state index in [1.807, 2.05) is 0 Å². The van der Waals surface area contributed by atoms with E-state index in [-0.39, 0.29) is 0 Å². The maximum atomic E-state index is 5.36. The topological polar surface area (TPSA) is 0 Å². The van der Waals surface area contributed by atoms with Crippen LogP contribution in [0.2, 0.25) is 13.4 Å². The summed E-state index contributed by atoms with van der Waals surface area (Å²) in [6.07, 6.45) is 0. The maximum absolute atomic E-state index is 5.36. The molecule has 0 unspecified atom stereocenters. The zero-order valence-corrected chi connectivity index (χ0v) is 9.68. The van der Waals surface area contributed by atoms with E-state index in [2.05, 4.69) is 17.1 Å². The Morgan fingerprint density at radius 3 is 1.71 bits per heavy atom. The van der Waals surface area contributed by atoms with E-state index >= 15 is 0 Å². The minimum absolute atomic E-state index is 1.65. The molecule has 7 heavy (non-hydrogen) atoms. The Bertz CT molecular complexity index is 70.6. The van der Waals surface area contributed by atoms with Gasteiger partial charge in [0.2, 0.25) is 0 Å². The van der Waals surface area contributed by atoms with Crippen molar-refractivity contribution in [1.29, 1.82) is 0 Å². The summed E-state index contributed by atoms with van der Waals surface area (Å²) in [5, 5.41) is 0. The van der Waals surface area contributed by atoms with E-state index in [0.717, 1.165) is 0 Å². The Morgan fingerprint density at radius 2 is 1.71 bits per heavy atom. The van der Waals surface area contributed by atoms with Crippen molar-refractivity contribution >= 4 is 32.8 Å². The summed E-state index contributed by atoms with van der Waals surface area (Å²) in [5.41, 5.74) is 1.65. The van der Waals surface area contributed by atoms with Crippen LogP contribution in [0, 0.1) is 0 Å². The molecule has 0 atom stereocenters. The molecule has 0 aromatic heterocycles. The normalized spacial score (nSPS) is 13.1. The Hall–Kier alpha value is 0.952. The summed E-state index contributed by atoms with van der Waals surface area (Å²) < 4.78 is 9.15. The van der Waals surface area contributed by atoms with E-state index < -0.39 is 21.2 Å². The van der Waals surface area contributed by atoms with E-state index in [1.165, 1.54) is 0 Å². The van der Waals surface area contributed by atoms with Crippen LogP contribution in [0.25, 0.3) is 0 Å². The van der Waals surface area contributed by atoms with Gasteiger partial charge in [0.1, 0.15) is 0 Å². The molecule has 0 bridgehead atoms. The van der Waals surface area contributed by atoms with Gasteiger partial charge in [-0.05, 0) is 0 Å². The summed E-state index contributed by atoms with van der Waals surface area (Å²) >= 11 is 3.67. The average molecular weight is 314 g/mol. The van der Waals surface area contributed by atoms with Gasteiger partial charge in [-0.25, -0.2) is 0 Å². The van der Waals surface area contributed by atoms with Gasteiger partial charge in [0.15, 0.2) is 0 Å². The molecule has 0 saturated carbocycles. The van der Waals surface area contributed by atoms with Crippen molar-refractivity contribution in [2.24, 2.45) is 0 Å². The molecule has 0 N–H and O–H groups in total. The fourth-order valence-corrected chi connectivity index (χ4v) is 4.97. The van der Waals surface area contributed by atoms with Gasteiger partial charge >= 0.3 is 55.4 Å². The fourth-order valence-electron chi connectivity index (χ4n) is 0.189. The van der Waals surface area contributed by atoms with Crippen LogP contribution in [0.3, 0.4) is 0 Å². The third-order valence-electron chi connectivity index (χ3n) is 0.563. The molecular formula is C5H11ClPb. The molecule has 0 spiro atoms. The van der Waals surface area contributed by atoms with Crippen LogP contribution in [0.5, 0.6) is 0 Å². The molecule has 0 aromatic carbocycles. The first-order valence-electron chi connectivity index (χ1n) is 2.34. The van der Waals surface area contributed by atoms with Crippen LogP contribution < -0.4 is 0 Å². The molecule has 0 nitrogen and oxygen atoms in total. The third kappa shape index (κ3) is 6.95. The number of hydrogen-bond acceptors (Lipinski definition) is 0. The molecule has 0 amide bonds. The minimum atomic E-state index is -1.69. The van der Waals surface area contributed by atoms with Crippen LogP contribution in [0.1, 0.15) is 0 Å². The molecule has 0 aliphatic heterocycles. The Labute approximate surface area is 55.2 Å². The predicted molar refractivity (Wildman–Crippen MR) is 38.3 cm³/mol. The molecule has 42 valence electrons. The summed E-state index contributed by atoms with van der Waals surface area (Å²) in [6.45, 7) is 0. The molecule has 0 aromatic rings. The van der Waals surface area contributed by atoms with Gasteiger partial charge in [-0.2, -0.15) is 0 Å². The zero-order chi connectivity index (χ0) is 5.91. The van der Waals surface area contributed by atoms with Crippen LogP contribution in [0.4, 0.5) is 0 Å². The van der Waals surface area contributed by atoms with E-state index in [0.29, 0.717) is 0 Å². The molecule has 0 heterocycles. The van der Waals surface area contributed by atoms with Crippen LogP contribution in [-0.4, -0.2) is 21.2 Å². The molecule has 0 saturated heterocycles. The SMILES string of the molecule is [CH3][Pb]([CH3])([CH3])/[CH]=C/Cl. The van der Waals surface area contributed by atoms with Gasteiger partial charge in [-0.3, -0.25) is 0 Å². The first-order valence-corrected chi connectivity index (χ1v) is 16.7. The standard InChI is InChI=1S/C2H2Cl.3CH3.Pb/c1-2-3;;;;/h1-2H;3*1H3;. The van der Waals surface area contributed by atoms with Crippen molar-refractivity contribution in [2.75, 3.05) is 0 Å². The monoisotopic (exact) mass is 314 g/mol. The summed E-state index contributed by atoms with van der Waals surface area (Å²) in [6, 6.07) is 0. The Balaban J connectivity index is 3.56. The number of halogens is 1. The van der Waals surface area contributed by atoms with Gasteiger partial charge in [0.05, 0.1) is 0 Å². The van der Waals surface area contributed by atoms with Crippen LogP contribution >= 0.6 is 11.6 Å². The van der Waals surface area contributed by atoms with Gasteiger partial charge in [-0.1, -0.05) is 0 Å². The summed E-state index contributed by atoms with van der Waals surface area (Å²) in [7, 11) is 0. The van der Waals surface area contributed by atoms with Crippen LogP contribution in [-0.2, 0) is 0 Å². The number of hydrogen-bond donors (Lipinski definition) is 0. The van der Waals surface area contributed by atoms with Crippen molar-refractivity contribution in [3.8, 4) is 0 Å². The molecule has 0 radical (unpaired) electrons. The van der Waals surface area contributed by atoms with Crippen molar-refractivity contribution < 1.29 is 0 Å². The molecule has 2 heteroatoms. The first kappa shape index (κ1) is 7.95.